The molecule has 0 saturated carbocycles. The number of pyridine rings is 1. The molecule has 0 aliphatic rings. The van der Waals surface area contributed by atoms with Crippen molar-refractivity contribution in [3.8, 4) is 0 Å². The number of nitrogens with one attached hydrogen (secondary N) is 1. The summed E-state index contributed by atoms with van der Waals surface area (Å²) in [6.45, 7) is 3.37. The Morgan fingerprint density at radius 1 is 1.45 bits per heavy atom. The third-order valence-electron chi connectivity index (χ3n) is 2.76. The van der Waals surface area contributed by atoms with Crippen molar-refractivity contribution >= 4 is 22.7 Å². The summed E-state index contributed by atoms with van der Waals surface area (Å²) in [4.78, 5) is 26.8. The Morgan fingerprint density at radius 3 is 2.60 bits per heavy atom. The van der Waals surface area contributed by atoms with Crippen LogP contribution in [0.3, 0.4) is 0 Å². The van der Waals surface area contributed by atoms with Gasteiger partial charge in [0, 0.05) is 28.9 Å². The lowest BCUT2D eigenvalue weighted by Gasteiger charge is -2.13. The van der Waals surface area contributed by atoms with Gasteiger partial charge in [0.15, 0.2) is 0 Å². The lowest BCUT2D eigenvalue weighted by molar-refractivity contribution is 0.0694. The summed E-state index contributed by atoms with van der Waals surface area (Å²) in [5.74, 6) is -0.911. The Kier molecular flexibility index (Phi) is 5.82. The van der Waals surface area contributed by atoms with Gasteiger partial charge in [-0.15, -0.1) is 0 Å². The van der Waals surface area contributed by atoms with E-state index in [1.54, 1.807) is 13.2 Å². The van der Waals surface area contributed by atoms with Crippen LogP contribution in [-0.2, 0) is 10.8 Å². The Balaban J connectivity index is 2.71. The Hall–Kier alpha value is -1.76. The second-order valence-corrected chi connectivity index (χ2v) is 6.13. The van der Waals surface area contributed by atoms with Gasteiger partial charge in [0.1, 0.15) is 5.69 Å². The van der Waals surface area contributed by atoms with E-state index in [-0.39, 0.29) is 23.2 Å². The zero-order chi connectivity index (χ0) is 15.3. The highest BCUT2D eigenvalue weighted by Gasteiger charge is 2.14. The number of hydrogen-bond acceptors (Lipinski definition) is 4. The molecule has 0 saturated heterocycles. The molecular formula is C13H18N2O4S. The zero-order valence-electron chi connectivity index (χ0n) is 11.7. The highest BCUT2D eigenvalue weighted by molar-refractivity contribution is 7.84. The van der Waals surface area contributed by atoms with Gasteiger partial charge in [-0.2, -0.15) is 0 Å². The molecule has 110 valence electrons. The maximum absolute atomic E-state index is 11.9. The summed E-state index contributed by atoms with van der Waals surface area (Å²) in [7, 11) is -0.890. The highest BCUT2D eigenvalue weighted by Crippen LogP contribution is 2.07. The van der Waals surface area contributed by atoms with Gasteiger partial charge in [-0.25, -0.2) is 9.78 Å². The average Bonchev–Trinajstić information content (AvgIpc) is 2.35. The molecule has 1 aromatic heterocycles. The Morgan fingerprint density at radius 2 is 2.10 bits per heavy atom. The topological polar surface area (TPSA) is 96.4 Å². The number of aryl methyl sites for hydroxylation is 1. The van der Waals surface area contributed by atoms with Gasteiger partial charge in [-0.1, -0.05) is 0 Å². The first kappa shape index (κ1) is 16.3. The van der Waals surface area contributed by atoms with Crippen molar-refractivity contribution in [2.45, 2.75) is 26.3 Å². The SMILES string of the molecule is Cc1nc(C(=O)NC(C)CCS(C)=O)ccc1C(=O)O. The van der Waals surface area contributed by atoms with Crippen LogP contribution in [-0.4, -0.2) is 44.2 Å². The minimum atomic E-state index is -1.07. The van der Waals surface area contributed by atoms with Crippen molar-refractivity contribution < 1.29 is 18.9 Å². The van der Waals surface area contributed by atoms with Crippen LogP contribution in [0, 0.1) is 6.92 Å². The molecule has 1 aromatic rings. The first-order chi connectivity index (χ1) is 9.31. The van der Waals surface area contributed by atoms with Gasteiger partial charge in [-0.05, 0) is 32.4 Å². The summed E-state index contributed by atoms with van der Waals surface area (Å²) in [6, 6.07) is 2.63. The fourth-order valence-electron chi connectivity index (χ4n) is 1.63. The molecule has 0 aliphatic carbocycles. The summed E-state index contributed by atoms with van der Waals surface area (Å²) < 4.78 is 11.0. The van der Waals surface area contributed by atoms with Crippen molar-refractivity contribution in [2.24, 2.45) is 0 Å². The molecule has 1 heterocycles. The predicted molar refractivity (Wildman–Crippen MR) is 76.4 cm³/mol. The lowest BCUT2D eigenvalue weighted by Crippen LogP contribution is -2.34. The number of rotatable bonds is 6. The maximum Gasteiger partial charge on any atom is 0.337 e. The van der Waals surface area contributed by atoms with Crippen LogP contribution in [0.15, 0.2) is 12.1 Å². The van der Waals surface area contributed by atoms with Gasteiger partial charge >= 0.3 is 5.97 Å². The molecule has 1 amide bonds. The van der Waals surface area contributed by atoms with Crippen LogP contribution in [0.25, 0.3) is 0 Å². The van der Waals surface area contributed by atoms with Crippen molar-refractivity contribution in [2.75, 3.05) is 12.0 Å². The molecule has 0 aromatic carbocycles. The lowest BCUT2D eigenvalue weighted by atomic mass is 10.1. The average molecular weight is 298 g/mol. The Labute approximate surface area is 120 Å². The fourth-order valence-corrected chi connectivity index (χ4v) is 2.31. The largest absolute Gasteiger partial charge is 0.478 e. The first-order valence-electron chi connectivity index (χ1n) is 6.13. The smallest absolute Gasteiger partial charge is 0.337 e. The highest BCUT2D eigenvalue weighted by atomic mass is 32.2. The molecular weight excluding hydrogens is 280 g/mol. The number of nitrogens with zero attached hydrogens (tertiary/aromatic N) is 1. The molecule has 2 N–H and O–H groups in total. The standard InChI is InChI=1S/C13H18N2O4S/c1-8(6-7-20(3)19)14-12(16)11-5-4-10(13(17)18)9(2)15-11/h4-5,8H,6-7H2,1-3H3,(H,14,16)(H,17,18). The number of hydrogen-bond donors (Lipinski definition) is 2. The summed E-state index contributed by atoms with van der Waals surface area (Å²) in [5.41, 5.74) is 0.556. The third kappa shape index (κ3) is 4.73. The van der Waals surface area contributed by atoms with E-state index in [0.29, 0.717) is 17.9 Å². The molecule has 0 fully saturated rings. The van der Waals surface area contributed by atoms with E-state index < -0.39 is 16.8 Å². The van der Waals surface area contributed by atoms with Crippen molar-refractivity contribution in [3.05, 3.63) is 29.1 Å². The number of aromatic nitrogens is 1. The van der Waals surface area contributed by atoms with E-state index >= 15 is 0 Å². The van der Waals surface area contributed by atoms with Crippen LogP contribution >= 0.6 is 0 Å². The molecule has 0 spiro atoms. The van der Waals surface area contributed by atoms with Crippen LogP contribution in [0.1, 0.15) is 39.9 Å². The number of aromatic carboxylic acids is 1. The van der Waals surface area contributed by atoms with Gasteiger partial charge in [-0.3, -0.25) is 9.00 Å². The monoisotopic (exact) mass is 298 g/mol. The molecule has 7 heteroatoms. The second kappa shape index (κ2) is 7.14. The van der Waals surface area contributed by atoms with Crippen molar-refractivity contribution in [3.63, 3.8) is 0 Å². The fraction of sp³-hybridized carbons (Fsp3) is 0.462. The summed E-state index contributed by atoms with van der Waals surface area (Å²) >= 11 is 0. The molecule has 6 nitrogen and oxygen atoms in total. The molecule has 20 heavy (non-hydrogen) atoms. The molecule has 1 rings (SSSR count). The molecule has 2 unspecified atom stereocenters. The molecule has 0 bridgehead atoms. The van der Waals surface area contributed by atoms with E-state index in [1.807, 2.05) is 6.92 Å². The zero-order valence-corrected chi connectivity index (χ0v) is 12.5. The Bertz CT molecular complexity index is 545. The van der Waals surface area contributed by atoms with Crippen molar-refractivity contribution in [1.29, 1.82) is 0 Å². The van der Waals surface area contributed by atoms with Gasteiger partial charge in [0.2, 0.25) is 0 Å². The van der Waals surface area contributed by atoms with Gasteiger partial charge in [0.25, 0.3) is 5.91 Å². The minimum absolute atomic E-state index is 0.0796. The van der Waals surface area contributed by atoms with E-state index in [1.165, 1.54) is 12.1 Å². The number of carbonyl (C=O) groups is 2. The van der Waals surface area contributed by atoms with Crippen LogP contribution < -0.4 is 5.32 Å². The summed E-state index contributed by atoms with van der Waals surface area (Å²) in [5, 5.41) is 11.6. The van der Waals surface area contributed by atoms with Crippen LogP contribution in [0.4, 0.5) is 0 Å². The number of amides is 1. The number of carboxylic acid groups (broad SMARTS) is 1. The van der Waals surface area contributed by atoms with Crippen LogP contribution in [0.2, 0.25) is 0 Å². The van der Waals surface area contributed by atoms with E-state index in [4.69, 9.17) is 5.11 Å². The molecule has 0 aliphatic heterocycles. The minimum Gasteiger partial charge on any atom is -0.478 e. The summed E-state index contributed by atoms with van der Waals surface area (Å²) in [6.07, 6.45) is 2.23. The van der Waals surface area contributed by atoms with E-state index in [9.17, 15) is 13.8 Å². The quantitative estimate of drug-likeness (QED) is 0.816. The van der Waals surface area contributed by atoms with E-state index in [2.05, 4.69) is 10.3 Å². The first-order valence-corrected chi connectivity index (χ1v) is 7.85. The van der Waals surface area contributed by atoms with Crippen molar-refractivity contribution in [1.82, 2.24) is 10.3 Å². The van der Waals surface area contributed by atoms with Gasteiger partial charge in [0.05, 0.1) is 11.3 Å². The normalized spacial score (nSPS) is 13.6. The second-order valence-electron chi connectivity index (χ2n) is 4.58. The van der Waals surface area contributed by atoms with Gasteiger partial charge < -0.3 is 10.4 Å². The maximum atomic E-state index is 11.9. The third-order valence-corrected chi connectivity index (χ3v) is 3.58. The molecule has 0 radical (unpaired) electrons. The van der Waals surface area contributed by atoms with E-state index in [0.717, 1.165) is 0 Å². The number of carbonyl (C=O) groups excluding carboxylic acids is 1. The molecule has 2 atom stereocenters. The predicted octanol–water partition coefficient (Wildman–Crippen LogP) is 0.975. The van der Waals surface area contributed by atoms with Crippen LogP contribution in [0.5, 0.6) is 0 Å². The number of carboxylic acids is 1.